The second-order valence-corrected chi connectivity index (χ2v) is 5.79. The smallest absolute Gasteiger partial charge is 0.251 e. The molecule has 2 rings (SSSR count). The normalized spacial score (nSPS) is 16.2. The van der Waals surface area contributed by atoms with E-state index in [1.54, 1.807) is 0 Å². The first kappa shape index (κ1) is 17.2. The van der Waals surface area contributed by atoms with Crippen LogP contribution in [0.5, 0.6) is 5.75 Å². The predicted molar refractivity (Wildman–Crippen MR) is 83.4 cm³/mol. The number of halogens is 1. The minimum atomic E-state index is -0.749. The number of hydrogen-bond donors (Lipinski definition) is 3. The van der Waals surface area contributed by atoms with E-state index in [0.717, 1.165) is 51.0 Å². The lowest BCUT2D eigenvalue weighted by molar-refractivity contribution is -0.123. The second-order valence-electron chi connectivity index (χ2n) is 5.79. The monoisotopic (exact) mass is 323 g/mol. The Morgan fingerprint density at radius 2 is 2.04 bits per heavy atom. The van der Waals surface area contributed by atoms with Crippen LogP contribution in [0.2, 0.25) is 0 Å². The van der Waals surface area contributed by atoms with Crippen molar-refractivity contribution in [1.29, 1.82) is 0 Å². The standard InChI is InChI=1S/C16H22FN3O3/c17-13-3-2-12(10-14(13)21)16(23)19-6-1-7-20-8-4-11(5-9-20)15(18)22/h2-3,10-11,21H,1,4-9H2,(H2,18,22)(H,19,23). The SMILES string of the molecule is NC(=O)C1CCN(CCCNC(=O)c2ccc(F)c(O)c2)CC1. The number of likely N-dealkylation sites (tertiary alicyclic amines) is 1. The van der Waals surface area contributed by atoms with Crippen molar-refractivity contribution in [2.24, 2.45) is 11.7 Å². The van der Waals surface area contributed by atoms with Crippen molar-refractivity contribution in [2.45, 2.75) is 19.3 Å². The molecule has 23 heavy (non-hydrogen) atoms. The van der Waals surface area contributed by atoms with E-state index in [1.165, 1.54) is 6.07 Å². The van der Waals surface area contributed by atoms with Crippen LogP contribution in [-0.4, -0.2) is 48.0 Å². The van der Waals surface area contributed by atoms with E-state index >= 15 is 0 Å². The van der Waals surface area contributed by atoms with Crippen molar-refractivity contribution in [2.75, 3.05) is 26.2 Å². The molecule has 1 saturated heterocycles. The van der Waals surface area contributed by atoms with Gasteiger partial charge in [0.15, 0.2) is 11.6 Å². The van der Waals surface area contributed by atoms with Crippen molar-refractivity contribution in [3.05, 3.63) is 29.6 Å². The number of phenolic OH excluding ortho intramolecular Hbond substituents is 1. The summed E-state index contributed by atoms with van der Waals surface area (Å²) in [6.07, 6.45) is 2.35. The minimum absolute atomic E-state index is 0.0166. The zero-order valence-electron chi connectivity index (χ0n) is 12.9. The summed E-state index contributed by atoms with van der Waals surface area (Å²) in [5.41, 5.74) is 5.52. The van der Waals surface area contributed by atoms with Crippen molar-refractivity contribution < 1.29 is 19.1 Å². The topological polar surface area (TPSA) is 95.7 Å². The summed E-state index contributed by atoms with van der Waals surface area (Å²) in [5, 5.41) is 12.0. The van der Waals surface area contributed by atoms with Gasteiger partial charge in [-0.2, -0.15) is 0 Å². The van der Waals surface area contributed by atoms with Gasteiger partial charge < -0.3 is 21.1 Å². The molecule has 0 radical (unpaired) electrons. The van der Waals surface area contributed by atoms with E-state index in [-0.39, 0.29) is 23.3 Å². The number of primary amides is 1. The predicted octanol–water partition coefficient (Wildman–Crippen LogP) is 0.848. The number of rotatable bonds is 6. The van der Waals surface area contributed by atoms with Crippen LogP contribution in [-0.2, 0) is 4.79 Å². The van der Waals surface area contributed by atoms with Gasteiger partial charge in [-0.1, -0.05) is 0 Å². The third-order valence-corrected chi connectivity index (χ3v) is 4.13. The number of nitrogens with two attached hydrogens (primary N) is 1. The second kappa shape index (κ2) is 7.92. The van der Waals surface area contributed by atoms with Gasteiger partial charge in [-0.25, -0.2) is 4.39 Å². The van der Waals surface area contributed by atoms with Crippen molar-refractivity contribution in [3.63, 3.8) is 0 Å². The molecule has 0 aliphatic carbocycles. The number of benzene rings is 1. The molecule has 1 aromatic rings. The lowest BCUT2D eigenvalue weighted by Gasteiger charge is -2.30. The van der Waals surface area contributed by atoms with Gasteiger partial charge in [0.2, 0.25) is 5.91 Å². The molecule has 0 bridgehead atoms. The molecule has 1 fully saturated rings. The molecular formula is C16H22FN3O3. The zero-order valence-corrected chi connectivity index (χ0v) is 12.9. The Kier molecular flexibility index (Phi) is 5.92. The number of carbonyl (C=O) groups is 2. The average molecular weight is 323 g/mol. The molecule has 0 atom stereocenters. The molecule has 1 aliphatic heterocycles. The van der Waals surface area contributed by atoms with Crippen LogP contribution in [0.3, 0.4) is 0 Å². The third kappa shape index (κ3) is 4.92. The number of nitrogens with zero attached hydrogens (tertiary/aromatic N) is 1. The minimum Gasteiger partial charge on any atom is -0.505 e. The van der Waals surface area contributed by atoms with Crippen LogP contribution in [0, 0.1) is 11.7 Å². The average Bonchev–Trinajstić information content (AvgIpc) is 2.54. The highest BCUT2D eigenvalue weighted by Gasteiger charge is 2.22. The van der Waals surface area contributed by atoms with Gasteiger partial charge in [-0.05, 0) is 57.1 Å². The number of aromatic hydroxyl groups is 1. The molecule has 4 N–H and O–H groups in total. The van der Waals surface area contributed by atoms with Gasteiger partial charge >= 0.3 is 0 Å². The van der Waals surface area contributed by atoms with E-state index in [2.05, 4.69) is 10.2 Å². The highest BCUT2D eigenvalue weighted by Crippen LogP contribution is 2.17. The Labute approximate surface area is 134 Å². The van der Waals surface area contributed by atoms with Crippen LogP contribution in [0.1, 0.15) is 29.6 Å². The maximum atomic E-state index is 12.9. The summed E-state index contributed by atoms with van der Waals surface area (Å²) in [6, 6.07) is 3.51. The highest BCUT2D eigenvalue weighted by atomic mass is 19.1. The van der Waals surface area contributed by atoms with Gasteiger partial charge in [-0.15, -0.1) is 0 Å². The highest BCUT2D eigenvalue weighted by molar-refractivity contribution is 5.94. The van der Waals surface area contributed by atoms with Gasteiger partial charge in [0.25, 0.3) is 5.91 Å². The quantitative estimate of drug-likeness (QED) is 0.676. The number of hydrogen-bond acceptors (Lipinski definition) is 4. The van der Waals surface area contributed by atoms with Gasteiger partial charge in [0.05, 0.1) is 0 Å². The van der Waals surface area contributed by atoms with Gasteiger partial charge in [-0.3, -0.25) is 9.59 Å². The first-order valence-electron chi connectivity index (χ1n) is 7.75. The maximum Gasteiger partial charge on any atom is 0.251 e. The fourth-order valence-corrected chi connectivity index (χ4v) is 2.70. The Bertz CT molecular complexity index is 572. The first-order chi connectivity index (χ1) is 11.0. The van der Waals surface area contributed by atoms with Crippen LogP contribution < -0.4 is 11.1 Å². The molecule has 6 nitrogen and oxygen atoms in total. The maximum absolute atomic E-state index is 12.9. The summed E-state index contributed by atoms with van der Waals surface area (Å²) >= 11 is 0. The summed E-state index contributed by atoms with van der Waals surface area (Å²) in [4.78, 5) is 25.2. The van der Waals surface area contributed by atoms with Crippen LogP contribution >= 0.6 is 0 Å². The summed E-state index contributed by atoms with van der Waals surface area (Å²) < 4.78 is 12.9. The zero-order chi connectivity index (χ0) is 16.8. The Morgan fingerprint density at radius 3 is 2.65 bits per heavy atom. The Hall–Kier alpha value is -2.15. The number of nitrogens with one attached hydrogen (secondary N) is 1. The summed E-state index contributed by atoms with van der Waals surface area (Å²) in [5.74, 6) is -1.86. The molecule has 1 heterocycles. The van der Waals surface area contributed by atoms with Crippen molar-refractivity contribution in [1.82, 2.24) is 10.2 Å². The van der Waals surface area contributed by atoms with Crippen LogP contribution in [0.15, 0.2) is 18.2 Å². The van der Waals surface area contributed by atoms with Crippen molar-refractivity contribution >= 4 is 11.8 Å². The molecule has 1 aromatic carbocycles. The molecule has 0 unspecified atom stereocenters. The molecule has 2 amide bonds. The van der Waals surface area contributed by atoms with Gasteiger partial charge in [0, 0.05) is 18.0 Å². The third-order valence-electron chi connectivity index (χ3n) is 4.13. The van der Waals surface area contributed by atoms with E-state index in [9.17, 15) is 19.1 Å². The van der Waals surface area contributed by atoms with Crippen LogP contribution in [0.25, 0.3) is 0 Å². The molecule has 126 valence electrons. The largest absolute Gasteiger partial charge is 0.505 e. The molecule has 1 aliphatic rings. The number of amides is 2. The first-order valence-corrected chi connectivity index (χ1v) is 7.75. The fraction of sp³-hybridized carbons (Fsp3) is 0.500. The summed E-state index contributed by atoms with van der Waals surface area (Å²) in [7, 11) is 0. The molecule has 0 saturated carbocycles. The van der Waals surface area contributed by atoms with Gasteiger partial charge in [0.1, 0.15) is 0 Å². The lowest BCUT2D eigenvalue weighted by Crippen LogP contribution is -2.39. The van der Waals surface area contributed by atoms with E-state index in [1.807, 2.05) is 0 Å². The lowest BCUT2D eigenvalue weighted by atomic mass is 9.96. The Balaban J connectivity index is 1.66. The molecule has 7 heteroatoms. The number of piperidine rings is 1. The van der Waals surface area contributed by atoms with Crippen molar-refractivity contribution in [3.8, 4) is 5.75 Å². The van der Waals surface area contributed by atoms with E-state index in [0.29, 0.717) is 6.54 Å². The molecule has 0 spiro atoms. The van der Waals surface area contributed by atoms with E-state index in [4.69, 9.17) is 5.73 Å². The molecular weight excluding hydrogens is 301 g/mol. The van der Waals surface area contributed by atoms with Crippen LogP contribution in [0.4, 0.5) is 4.39 Å². The number of carbonyl (C=O) groups excluding carboxylic acids is 2. The molecule has 0 aromatic heterocycles. The summed E-state index contributed by atoms with van der Waals surface area (Å²) in [6.45, 7) is 3.01. The number of phenols is 1. The fourth-order valence-electron chi connectivity index (χ4n) is 2.70. The Morgan fingerprint density at radius 1 is 1.35 bits per heavy atom. The van der Waals surface area contributed by atoms with E-state index < -0.39 is 11.6 Å².